The van der Waals surface area contributed by atoms with Crippen molar-refractivity contribution in [3.8, 4) is 5.75 Å². The molecule has 0 spiro atoms. The lowest BCUT2D eigenvalue weighted by molar-refractivity contribution is -0.138. The number of aromatic nitrogens is 1. The maximum atomic E-state index is 12.5. The molecule has 0 aliphatic rings. The second kappa shape index (κ2) is 7.92. The van der Waals surface area contributed by atoms with Gasteiger partial charge in [0.05, 0.1) is 10.7 Å². The minimum absolute atomic E-state index is 0.212. The van der Waals surface area contributed by atoms with Crippen molar-refractivity contribution < 1.29 is 19.4 Å². The highest BCUT2D eigenvalue weighted by molar-refractivity contribution is 7.09. The van der Waals surface area contributed by atoms with Crippen LogP contribution in [0.2, 0.25) is 0 Å². The van der Waals surface area contributed by atoms with E-state index in [9.17, 15) is 9.59 Å². The van der Waals surface area contributed by atoms with E-state index >= 15 is 0 Å². The number of amides is 1. The van der Waals surface area contributed by atoms with Gasteiger partial charge in [0.1, 0.15) is 18.9 Å². The number of carboxylic acids is 1. The summed E-state index contributed by atoms with van der Waals surface area (Å²) in [5.41, 5.74) is 1.24. The Labute approximate surface area is 144 Å². The van der Waals surface area contributed by atoms with E-state index in [-0.39, 0.29) is 18.5 Å². The number of carbonyl (C=O) groups is 2. The summed E-state index contributed by atoms with van der Waals surface area (Å²) >= 11 is 1.55. The van der Waals surface area contributed by atoms with Crippen molar-refractivity contribution in [1.82, 2.24) is 9.88 Å². The SMILES string of the molecule is Cc1nc(COc2cccc(C(=O)N(CC(=O)O)C(C)C)c2)cs1. The number of aryl methyl sites for hydroxylation is 1. The molecule has 0 atom stereocenters. The predicted molar refractivity (Wildman–Crippen MR) is 91.4 cm³/mol. The van der Waals surface area contributed by atoms with Crippen molar-refractivity contribution in [3.05, 3.63) is 45.9 Å². The van der Waals surface area contributed by atoms with Gasteiger partial charge in [0.2, 0.25) is 0 Å². The summed E-state index contributed by atoms with van der Waals surface area (Å²) < 4.78 is 5.67. The van der Waals surface area contributed by atoms with E-state index in [4.69, 9.17) is 9.84 Å². The van der Waals surface area contributed by atoms with E-state index in [1.54, 1.807) is 49.4 Å². The molecule has 0 fully saturated rings. The average Bonchev–Trinajstić information content (AvgIpc) is 2.95. The molecule has 1 heterocycles. The molecule has 24 heavy (non-hydrogen) atoms. The number of thiazole rings is 1. The van der Waals surface area contributed by atoms with Crippen molar-refractivity contribution in [1.29, 1.82) is 0 Å². The van der Waals surface area contributed by atoms with Crippen LogP contribution in [0.25, 0.3) is 0 Å². The number of ether oxygens (including phenoxy) is 1. The van der Waals surface area contributed by atoms with E-state index in [0.717, 1.165) is 10.7 Å². The second-order valence-corrected chi connectivity index (χ2v) is 6.66. The summed E-state index contributed by atoms with van der Waals surface area (Å²) in [4.78, 5) is 29.1. The van der Waals surface area contributed by atoms with E-state index < -0.39 is 5.97 Å². The Hall–Kier alpha value is -2.41. The summed E-state index contributed by atoms with van der Waals surface area (Å²) in [6, 6.07) is 6.54. The van der Waals surface area contributed by atoms with Crippen molar-refractivity contribution in [2.75, 3.05) is 6.54 Å². The molecule has 0 unspecified atom stereocenters. The number of nitrogens with zero attached hydrogens (tertiary/aromatic N) is 2. The van der Waals surface area contributed by atoms with E-state index in [0.29, 0.717) is 17.9 Å². The molecule has 1 amide bonds. The lowest BCUT2D eigenvalue weighted by atomic mass is 10.1. The summed E-state index contributed by atoms with van der Waals surface area (Å²) in [5, 5.41) is 11.9. The fourth-order valence-corrected chi connectivity index (χ4v) is 2.75. The molecular formula is C17H20N2O4S. The van der Waals surface area contributed by atoms with Crippen LogP contribution in [0.15, 0.2) is 29.6 Å². The van der Waals surface area contributed by atoms with Crippen LogP contribution < -0.4 is 4.74 Å². The van der Waals surface area contributed by atoms with Crippen molar-refractivity contribution in [2.24, 2.45) is 0 Å². The molecule has 1 N–H and O–H groups in total. The Morgan fingerprint density at radius 3 is 2.71 bits per heavy atom. The highest BCUT2D eigenvalue weighted by Gasteiger charge is 2.21. The zero-order chi connectivity index (χ0) is 17.7. The van der Waals surface area contributed by atoms with Crippen LogP contribution in [0, 0.1) is 6.92 Å². The van der Waals surface area contributed by atoms with Crippen molar-refractivity contribution in [3.63, 3.8) is 0 Å². The summed E-state index contributed by atoms with van der Waals surface area (Å²) in [5.74, 6) is -0.823. The number of carbonyl (C=O) groups excluding carboxylic acids is 1. The standard InChI is InChI=1S/C17H20N2O4S/c1-11(2)19(8-16(20)21)17(22)13-5-4-6-15(7-13)23-9-14-10-24-12(3)18-14/h4-7,10-11H,8-9H2,1-3H3,(H,20,21). The van der Waals surface area contributed by atoms with Crippen LogP contribution in [-0.2, 0) is 11.4 Å². The van der Waals surface area contributed by atoms with Crippen LogP contribution in [0.3, 0.4) is 0 Å². The topological polar surface area (TPSA) is 79.7 Å². The molecule has 6 nitrogen and oxygen atoms in total. The highest BCUT2D eigenvalue weighted by Crippen LogP contribution is 2.18. The van der Waals surface area contributed by atoms with E-state index in [1.165, 1.54) is 4.90 Å². The lowest BCUT2D eigenvalue weighted by Gasteiger charge is -2.25. The third-order valence-corrected chi connectivity index (χ3v) is 4.15. The normalized spacial score (nSPS) is 10.7. The minimum Gasteiger partial charge on any atom is -0.487 e. The van der Waals surface area contributed by atoms with Crippen molar-refractivity contribution in [2.45, 2.75) is 33.4 Å². The zero-order valence-electron chi connectivity index (χ0n) is 13.9. The smallest absolute Gasteiger partial charge is 0.323 e. The molecule has 2 aromatic rings. The molecule has 0 aliphatic carbocycles. The van der Waals surface area contributed by atoms with Gasteiger partial charge in [-0.3, -0.25) is 9.59 Å². The largest absolute Gasteiger partial charge is 0.487 e. The van der Waals surface area contributed by atoms with Gasteiger partial charge >= 0.3 is 5.97 Å². The molecule has 2 rings (SSSR count). The molecule has 1 aromatic heterocycles. The summed E-state index contributed by atoms with van der Waals surface area (Å²) in [7, 11) is 0. The molecule has 128 valence electrons. The quantitative estimate of drug-likeness (QED) is 0.832. The van der Waals surface area contributed by atoms with E-state index in [1.807, 2.05) is 12.3 Å². The maximum Gasteiger partial charge on any atom is 0.323 e. The molecule has 0 radical (unpaired) electrons. The fourth-order valence-electron chi connectivity index (χ4n) is 2.15. The van der Waals surface area contributed by atoms with Gasteiger partial charge in [0.15, 0.2) is 0 Å². The minimum atomic E-state index is -1.04. The van der Waals surface area contributed by atoms with Gasteiger partial charge in [0, 0.05) is 17.0 Å². The second-order valence-electron chi connectivity index (χ2n) is 5.59. The Morgan fingerprint density at radius 2 is 2.12 bits per heavy atom. The summed E-state index contributed by atoms with van der Waals surface area (Å²) in [6.45, 7) is 5.48. The molecular weight excluding hydrogens is 328 g/mol. The van der Waals surface area contributed by atoms with Gasteiger partial charge in [-0.05, 0) is 39.0 Å². The number of aliphatic carboxylic acids is 1. The van der Waals surface area contributed by atoms with Crippen molar-refractivity contribution >= 4 is 23.2 Å². The summed E-state index contributed by atoms with van der Waals surface area (Å²) in [6.07, 6.45) is 0. The third kappa shape index (κ3) is 4.79. The van der Waals surface area contributed by atoms with Crippen LogP contribution in [0.5, 0.6) is 5.75 Å². The van der Waals surface area contributed by atoms with Gasteiger partial charge in [-0.1, -0.05) is 6.07 Å². The lowest BCUT2D eigenvalue weighted by Crippen LogP contribution is -2.40. The molecule has 0 saturated heterocycles. The number of rotatable bonds is 7. The monoisotopic (exact) mass is 348 g/mol. The average molecular weight is 348 g/mol. The first kappa shape index (κ1) is 17.9. The molecule has 0 saturated carbocycles. The van der Waals surface area contributed by atoms with Crippen LogP contribution in [0.4, 0.5) is 0 Å². The molecule has 1 aromatic carbocycles. The van der Waals surface area contributed by atoms with Gasteiger partial charge in [-0.15, -0.1) is 11.3 Å². The zero-order valence-corrected chi connectivity index (χ0v) is 14.7. The van der Waals surface area contributed by atoms with Gasteiger partial charge < -0.3 is 14.7 Å². The van der Waals surface area contributed by atoms with Crippen LogP contribution >= 0.6 is 11.3 Å². The first-order chi connectivity index (χ1) is 11.4. The fraction of sp³-hybridized carbons (Fsp3) is 0.353. The van der Waals surface area contributed by atoms with Gasteiger partial charge in [-0.2, -0.15) is 0 Å². The first-order valence-corrected chi connectivity index (χ1v) is 8.41. The molecule has 7 heteroatoms. The van der Waals surface area contributed by atoms with Crippen LogP contribution in [0.1, 0.15) is 34.9 Å². The van der Waals surface area contributed by atoms with Gasteiger partial charge in [-0.25, -0.2) is 4.98 Å². The number of carboxylic acid groups (broad SMARTS) is 1. The number of benzene rings is 1. The Balaban J connectivity index is 2.10. The highest BCUT2D eigenvalue weighted by atomic mass is 32.1. The first-order valence-electron chi connectivity index (χ1n) is 7.53. The number of hydrogen-bond donors (Lipinski definition) is 1. The Bertz CT molecular complexity index is 727. The maximum absolute atomic E-state index is 12.5. The van der Waals surface area contributed by atoms with E-state index in [2.05, 4.69) is 4.98 Å². The Morgan fingerprint density at radius 1 is 1.38 bits per heavy atom. The predicted octanol–water partition coefficient (Wildman–Crippen LogP) is 2.97. The molecule has 0 bridgehead atoms. The molecule has 0 aliphatic heterocycles. The van der Waals surface area contributed by atoms with Gasteiger partial charge in [0.25, 0.3) is 5.91 Å². The number of hydrogen-bond acceptors (Lipinski definition) is 5. The Kier molecular flexibility index (Phi) is 5.92. The van der Waals surface area contributed by atoms with Crippen LogP contribution in [-0.4, -0.2) is 39.5 Å². The third-order valence-electron chi connectivity index (χ3n) is 3.32.